The fourth-order valence-corrected chi connectivity index (χ4v) is 4.34. The number of thiazole rings is 1. The predicted octanol–water partition coefficient (Wildman–Crippen LogP) is 7.04. The lowest BCUT2D eigenvalue weighted by molar-refractivity contribution is 1.43. The summed E-state index contributed by atoms with van der Waals surface area (Å²) < 4.78 is 1.22. The van der Waals surface area contributed by atoms with Crippen LogP contribution in [-0.2, 0) is 0 Å². The molecule has 0 radical (unpaired) electrons. The smallest absolute Gasteiger partial charge is 0.125 e. The Hall–Kier alpha value is -3.23. The second-order valence-corrected chi connectivity index (χ2v) is 7.55. The van der Waals surface area contributed by atoms with Gasteiger partial charge in [0.25, 0.3) is 0 Å². The Labute approximate surface area is 162 Å². The molecule has 5 aromatic rings. The quantitative estimate of drug-likeness (QED) is 0.313. The minimum Gasteiger partial charge on any atom is -0.236 e. The van der Waals surface area contributed by atoms with Crippen LogP contribution in [0.1, 0.15) is 16.1 Å². The van der Waals surface area contributed by atoms with Crippen LogP contribution in [0.5, 0.6) is 0 Å². The molecule has 0 fully saturated rings. The first-order valence-corrected chi connectivity index (χ1v) is 9.80. The van der Waals surface area contributed by atoms with Gasteiger partial charge in [0.15, 0.2) is 0 Å². The summed E-state index contributed by atoms with van der Waals surface area (Å²) in [4.78, 5) is 4.90. The summed E-state index contributed by atoms with van der Waals surface area (Å²) in [5.41, 5.74) is 4.58. The van der Waals surface area contributed by atoms with E-state index < -0.39 is 0 Å². The maximum Gasteiger partial charge on any atom is 0.125 e. The molecular formula is C25H17NS. The molecule has 0 aliphatic rings. The molecule has 5 rings (SSSR count). The van der Waals surface area contributed by atoms with Gasteiger partial charge in [-0.05, 0) is 46.2 Å². The highest BCUT2D eigenvalue weighted by atomic mass is 32.1. The lowest BCUT2D eigenvalue weighted by Crippen LogP contribution is -1.87. The van der Waals surface area contributed by atoms with Gasteiger partial charge in [-0.15, -0.1) is 11.3 Å². The summed E-state index contributed by atoms with van der Waals surface area (Å²) in [6.07, 6.45) is 2.25. The van der Waals surface area contributed by atoms with E-state index in [0.29, 0.717) is 0 Å². The van der Waals surface area contributed by atoms with Gasteiger partial charge in [0.05, 0.1) is 10.2 Å². The Balaban J connectivity index is 1.70. The second kappa shape index (κ2) is 6.82. The van der Waals surface area contributed by atoms with E-state index in [4.69, 9.17) is 4.98 Å². The zero-order chi connectivity index (χ0) is 18.1. The van der Waals surface area contributed by atoms with Crippen molar-refractivity contribution in [3.63, 3.8) is 0 Å². The first-order chi connectivity index (χ1) is 13.4. The highest BCUT2D eigenvalue weighted by Crippen LogP contribution is 2.33. The van der Waals surface area contributed by atoms with Crippen LogP contribution in [0.25, 0.3) is 32.6 Å². The molecule has 0 aliphatic carbocycles. The number of para-hydroxylation sites is 1. The van der Waals surface area contributed by atoms with Gasteiger partial charge in [0.2, 0.25) is 0 Å². The van der Waals surface area contributed by atoms with Gasteiger partial charge < -0.3 is 0 Å². The van der Waals surface area contributed by atoms with E-state index in [9.17, 15) is 0 Å². The van der Waals surface area contributed by atoms with Crippen molar-refractivity contribution >= 4 is 44.0 Å². The van der Waals surface area contributed by atoms with Crippen LogP contribution in [0.3, 0.4) is 0 Å². The third-order valence-electron chi connectivity index (χ3n) is 4.69. The molecule has 27 heavy (non-hydrogen) atoms. The lowest BCUT2D eigenvalue weighted by atomic mass is 10.0. The standard InChI is InChI=1S/C25H17NS/c1-2-9-20(10-3-1)22(25-26-23-12-6-7-13-24(23)27-25)17-18-14-15-19-8-4-5-11-21(19)16-18/h1-17H/b22-17+. The van der Waals surface area contributed by atoms with Gasteiger partial charge in [0.1, 0.15) is 5.01 Å². The van der Waals surface area contributed by atoms with Gasteiger partial charge >= 0.3 is 0 Å². The zero-order valence-corrected chi connectivity index (χ0v) is 15.5. The molecule has 0 spiro atoms. The van der Waals surface area contributed by atoms with Crippen LogP contribution in [0.2, 0.25) is 0 Å². The Morgan fingerprint density at radius 3 is 2.30 bits per heavy atom. The SMILES string of the molecule is C(=C(/c1ccccc1)c1nc2ccccc2s1)/c1ccc2ccccc2c1. The number of fused-ring (bicyclic) bond motifs is 2. The van der Waals surface area contributed by atoms with E-state index in [1.165, 1.54) is 26.6 Å². The van der Waals surface area contributed by atoms with Gasteiger partial charge in [0, 0.05) is 5.57 Å². The first kappa shape index (κ1) is 16.0. The highest BCUT2D eigenvalue weighted by molar-refractivity contribution is 7.19. The van der Waals surface area contributed by atoms with Crippen molar-refractivity contribution in [2.75, 3.05) is 0 Å². The largest absolute Gasteiger partial charge is 0.236 e. The summed E-state index contributed by atoms with van der Waals surface area (Å²) in [6.45, 7) is 0. The van der Waals surface area contributed by atoms with E-state index in [1.54, 1.807) is 11.3 Å². The molecule has 0 atom stereocenters. The summed E-state index contributed by atoms with van der Waals surface area (Å²) in [5.74, 6) is 0. The number of rotatable bonds is 3. The molecule has 0 saturated carbocycles. The van der Waals surface area contributed by atoms with Gasteiger partial charge in [-0.25, -0.2) is 4.98 Å². The molecule has 0 N–H and O–H groups in total. The molecular weight excluding hydrogens is 346 g/mol. The molecule has 0 amide bonds. The Morgan fingerprint density at radius 2 is 1.44 bits per heavy atom. The highest BCUT2D eigenvalue weighted by Gasteiger charge is 2.11. The van der Waals surface area contributed by atoms with Gasteiger partial charge in [-0.1, -0.05) is 78.9 Å². The first-order valence-electron chi connectivity index (χ1n) is 8.99. The van der Waals surface area contributed by atoms with Crippen molar-refractivity contribution in [3.05, 3.63) is 113 Å². The number of aromatic nitrogens is 1. The van der Waals surface area contributed by atoms with E-state index in [1.807, 2.05) is 6.07 Å². The third-order valence-corrected chi connectivity index (χ3v) is 5.76. The van der Waals surface area contributed by atoms with Crippen LogP contribution >= 0.6 is 11.3 Å². The minimum absolute atomic E-state index is 1.05. The van der Waals surface area contributed by atoms with Crippen molar-refractivity contribution in [2.45, 2.75) is 0 Å². The molecule has 2 heteroatoms. The van der Waals surface area contributed by atoms with Crippen LogP contribution in [0, 0.1) is 0 Å². The molecule has 0 aliphatic heterocycles. The average molecular weight is 363 g/mol. The molecule has 0 saturated heterocycles. The van der Waals surface area contributed by atoms with Crippen LogP contribution in [0.4, 0.5) is 0 Å². The number of hydrogen-bond donors (Lipinski definition) is 0. The fourth-order valence-electron chi connectivity index (χ4n) is 3.34. The summed E-state index contributed by atoms with van der Waals surface area (Å²) in [7, 11) is 0. The van der Waals surface area contributed by atoms with Crippen LogP contribution in [-0.4, -0.2) is 4.98 Å². The molecule has 1 heterocycles. The number of benzene rings is 4. The second-order valence-electron chi connectivity index (χ2n) is 6.52. The summed E-state index contributed by atoms with van der Waals surface area (Å²) in [6, 6.07) is 33.9. The molecule has 4 aromatic carbocycles. The Morgan fingerprint density at radius 1 is 0.704 bits per heavy atom. The van der Waals surface area contributed by atoms with E-state index >= 15 is 0 Å². The topological polar surface area (TPSA) is 12.9 Å². The zero-order valence-electron chi connectivity index (χ0n) is 14.7. The van der Waals surface area contributed by atoms with Crippen molar-refractivity contribution in [2.24, 2.45) is 0 Å². The molecule has 0 unspecified atom stereocenters. The average Bonchev–Trinajstić information content (AvgIpc) is 3.16. The van der Waals surface area contributed by atoms with Crippen molar-refractivity contribution < 1.29 is 0 Å². The summed E-state index contributed by atoms with van der Waals surface area (Å²) >= 11 is 1.74. The van der Waals surface area contributed by atoms with E-state index in [2.05, 4.69) is 97.1 Å². The van der Waals surface area contributed by atoms with E-state index in [0.717, 1.165) is 16.1 Å². The predicted molar refractivity (Wildman–Crippen MR) is 117 cm³/mol. The lowest BCUT2D eigenvalue weighted by Gasteiger charge is -2.06. The summed E-state index contributed by atoms with van der Waals surface area (Å²) in [5, 5.41) is 3.56. The number of hydrogen-bond acceptors (Lipinski definition) is 2. The van der Waals surface area contributed by atoms with Crippen LogP contribution < -0.4 is 0 Å². The van der Waals surface area contributed by atoms with Crippen molar-refractivity contribution in [1.29, 1.82) is 0 Å². The Kier molecular flexibility index (Phi) is 4.04. The molecule has 1 nitrogen and oxygen atoms in total. The van der Waals surface area contributed by atoms with Crippen molar-refractivity contribution in [3.8, 4) is 0 Å². The molecule has 128 valence electrons. The van der Waals surface area contributed by atoms with E-state index in [-0.39, 0.29) is 0 Å². The third kappa shape index (κ3) is 3.16. The normalized spacial score (nSPS) is 11.9. The molecule has 0 bridgehead atoms. The monoisotopic (exact) mass is 363 g/mol. The minimum atomic E-state index is 1.05. The number of nitrogens with zero attached hydrogens (tertiary/aromatic N) is 1. The van der Waals surface area contributed by atoms with Gasteiger partial charge in [-0.2, -0.15) is 0 Å². The van der Waals surface area contributed by atoms with Gasteiger partial charge in [-0.3, -0.25) is 0 Å². The Bertz CT molecular complexity index is 1230. The molecule has 1 aromatic heterocycles. The van der Waals surface area contributed by atoms with Crippen molar-refractivity contribution in [1.82, 2.24) is 4.98 Å². The maximum atomic E-state index is 4.90. The van der Waals surface area contributed by atoms with Crippen LogP contribution in [0.15, 0.2) is 97.1 Å². The fraction of sp³-hybridized carbons (Fsp3) is 0. The maximum absolute atomic E-state index is 4.90.